The van der Waals surface area contributed by atoms with Gasteiger partial charge in [-0.15, -0.1) is 0 Å². The molecule has 0 fully saturated rings. The van der Waals surface area contributed by atoms with Gasteiger partial charge in [-0.25, -0.2) is 0 Å². The van der Waals surface area contributed by atoms with Crippen LogP contribution in [0.4, 0.5) is 0 Å². The van der Waals surface area contributed by atoms with Gasteiger partial charge in [-0.3, -0.25) is 6.29 Å². The van der Waals surface area contributed by atoms with Crippen LogP contribution in [0.3, 0.4) is 0 Å². The number of hydrogen-bond acceptors (Lipinski definition) is 1. The Morgan fingerprint density at radius 1 is 1.27 bits per heavy atom. The van der Waals surface area contributed by atoms with Crippen molar-refractivity contribution in [2.24, 2.45) is 11.8 Å². The van der Waals surface area contributed by atoms with Crippen molar-refractivity contribution in [3.05, 3.63) is 0 Å². The Morgan fingerprint density at radius 2 is 1.82 bits per heavy atom. The third-order valence-electron chi connectivity index (χ3n) is 1.61. The summed E-state index contributed by atoms with van der Waals surface area (Å²) in [6.45, 7) is 6.61. The maximum absolute atomic E-state index is 9.87. The molecule has 11 heavy (non-hydrogen) atoms. The van der Waals surface area contributed by atoms with Gasteiger partial charge in [0.05, 0.1) is 0 Å². The van der Waals surface area contributed by atoms with Crippen LogP contribution in [0, 0.1) is 11.8 Å². The fourth-order valence-electron chi connectivity index (χ4n) is 1.23. The Kier molecular flexibility index (Phi) is 11.5. The van der Waals surface area contributed by atoms with Crippen molar-refractivity contribution in [3.8, 4) is 0 Å². The summed E-state index contributed by atoms with van der Waals surface area (Å²) >= 11 is 0. The first kappa shape index (κ1) is 14.3. The summed E-state index contributed by atoms with van der Waals surface area (Å²) in [6.07, 6.45) is 4.75. The predicted molar refractivity (Wildman–Crippen MR) is 43.5 cm³/mol. The molecule has 0 heterocycles. The smallest absolute Gasteiger partial charge is 0 e. The average molecular weight is 230 g/mol. The monoisotopic (exact) mass is 230 g/mol. The molecule has 1 radical (unpaired) electrons. The van der Waals surface area contributed by atoms with Crippen molar-refractivity contribution in [1.82, 2.24) is 0 Å². The molecule has 1 atom stereocenters. The van der Waals surface area contributed by atoms with Gasteiger partial charge in [-0.2, -0.15) is 6.42 Å². The van der Waals surface area contributed by atoms with Gasteiger partial charge in [0.1, 0.15) is 0 Å². The summed E-state index contributed by atoms with van der Waals surface area (Å²) in [5.74, 6) is 1.43. The van der Waals surface area contributed by atoms with Crippen LogP contribution in [-0.4, -0.2) is 6.29 Å². The topological polar surface area (TPSA) is 17.1 Å². The number of rotatable bonds is 5. The molecule has 2 heteroatoms. The van der Waals surface area contributed by atoms with E-state index < -0.39 is 0 Å². The van der Waals surface area contributed by atoms with Crippen LogP contribution >= 0.6 is 0 Å². The minimum atomic E-state index is 0. The second kappa shape index (κ2) is 8.87. The Morgan fingerprint density at radius 3 is 2.18 bits per heavy atom. The van der Waals surface area contributed by atoms with Crippen LogP contribution in [0.15, 0.2) is 0 Å². The van der Waals surface area contributed by atoms with Crippen molar-refractivity contribution < 1.29 is 37.5 Å². The summed E-state index contributed by atoms with van der Waals surface area (Å²) < 4.78 is 0. The Hall–Kier alpha value is 0.774. The van der Waals surface area contributed by atoms with Crippen molar-refractivity contribution in [1.29, 1.82) is 0 Å². The molecule has 0 N–H and O–H groups in total. The van der Waals surface area contributed by atoms with Gasteiger partial charge in [-0.1, -0.05) is 27.2 Å². The molecule has 0 saturated heterocycles. The SMILES string of the molecule is CC(C)CC(C)CC[C-]=O.[Y]. The maximum atomic E-state index is 9.87. The Labute approximate surface area is 95.2 Å². The molecule has 63 valence electrons. The Bertz CT molecular complexity index is 91.6. The largest absolute Gasteiger partial charge is 0.542 e. The van der Waals surface area contributed by atoms with Crippen LogP contribution in [-0.2, 0) is 37.5 Å². The van der Waals surface area contributed by atoms with E-state index in [0.29, 0.717) is 12.3 Å². The van der Waals surface area contributed by atoms with E-state index in [1.807, 2.05) is 6.29 Å². The summed E-state index contributed by atoms with van der Waals surface area (Å²) in [7, 11) is 0. The standard InChI is InChI=1S/C9H17O.Y/c1-8(2)7-9(3)5-4-6-10;/h8-9H,4-5,7H2,1-3H3;/q-1;. The zero-order valence-corrected chi connectivity index (χ0v) is 10.6. The maximum Gasteiger partial charge on any atom is 0 e. The average Bonchev–Trinajstić information content (AvgIpc) is 1.82. The first-order chi connectivity index (χ1) is 4.66. The van der Waals surface area contributed by atoms with Gasteiger partial charge >= 0.3 is 0 Å². The van der Waals surface area contributed by atoms with Crippen LogP contribution in [0.5, 0.6) is 0 Å². The summed E-state index contributed by atoms with van der Waals surface area (Å²) in [6, 6.07) is 0. The molecule has 0 aromatic rings. The van der Waals surface area contributed by atoms with E-state index in [2.05, 4.69) is 20.8 Å². The van der Waals surface area contributed by atoms with Crippen LogP contribution in [0.25, 0.3) is 0 Å². The molecule has 0 spiro atoms. The van der Waals surface area contributed by atoms with Crippen molar-refractivity contribution >= 4 is 6.29 Å². The van der Waals surface area contributed by atoms with E-state index >= 15 is 0 Å². The zero-order valence-electron chi connectivity index (χ0n) is 7.76. The van der Waals surface area contributed by atoms with Crippen LogP contribution in [0.2, 0.25) is 0 Å². The van der Waals surface area contributed by atoms with E-state index in [-0.39, 0.29) is 32.7 Å². The minimum Gasteiger partial charge on any atom is -0.542 e. The second-order valence-corrected chi connectivity index (χ2v) is 3.42. The molecule has 0 aliphatic heterocycles. The van der Waals surface area contributed by atoms with Crippen LogP contribution in [0.1, 0.15) is 40.0 Å². The Balaban J connectivity index is 0. The first-order valence-electron chi connectivity index (χ1n) is 4.01. The number of carbonyl (C=O) groups excluding carboxylic acids is 1. The molecule has 0 saturated carbocycles. The predicted octanol–water partition coefficient (Wildman–Crippen LogP) is 2.56. The summed E-state index contributed by atoms with van der Waals surface area (Å²) in [4.78, 5) is 9.87. The van der Waals surface area contributed by atoms with Gasteiger partial charge in [0.25, 0.3) is 0 Å². The van der Waals surface area contributed by atoms with Gasteiger partial charge in [0.15, 0.2) is 0 Å². The molecular weight excluding hydrogens is 213 g/mol. The molecule has 0 aromatic heterocycles. The molecular formula is C9H17OY-. The van der Waals surface area contributed by atoms with Gasteiger partial charge in [0, 0.05) is 32.7 Å². The number of hydrogen-bond donors (Lipinski definition) is 0. The fourth-order valence-corrected chi connectivity index (χ4v) is 1.23. The molecule has 0 aromatic carbocycles. The van der Waals surface area contributed by atoms with Crippen molar-refractivity contribution in [2.45, 2.75) is 40.0 Å². The fraction of sp³-hybridized carbons (Fsp3) is 0.889. The molecule has 0 rings (SSSR count). The van der Waals surface area contributed by atoms with Crippen molar-refractivity contribution in [2.75, 3.05) is 0 Å². The van der Waals surface area contributed by atoms with Gasteiger partial charge in [-0.05, 0) is 18.3 Å². The van der Waals surface area contributed by atoms with Crippen LogP contribution < -0.4 is 0 Å². The molecule has 0 bridgehead atoms. The summed E-state index contributed by atoms with van der Waals surface area (Å²) in [5, 5.41) is 0. The molecule has 0 amide bonds. The zero-order chi connectivity index (χ0) is 7.98. The normalized spacial score (nSPS) is 12.4. The van der Waals surface area contributed by atoms with E-state index in [1.165, 1.54) is 6.42 Å². The molecule has 0 aliphatic rings. The summed E-state index contributed by atoms with van der Waals surface area (Å²) in [5.41, 5.74) is 0. The quantitative estimate of drug-likeness (QED) is 0.663. The third kappa shape index (κ3) is 10.8. The third-order valence-corrected chi connectivity index (χ3v) is 1.61. The molecule has 1 nitrogen and oxygen atoms in total. The van der Waals surface area contributed by atoms with Gasteiger partial charge in [0.2, 0.25) is 0 Å². The van der Waals surface area contributed by atoms with Crippen molar-refractivity contribution in [3.63, 3.8) is 0 Å². The molecule has 1 unspecified atom stereocenters. The first-order valence-corrected chi connectivity index (χ1v) is 4.01. The van der Waals surface area contributed by atoms with Gasteiger partial charge < -0.3 is 4.79 Å². The minimum absolute atomic E-state index is 0. The second-order valence-electron chi connectivity index (χ2n) is 3.42. The van der Waals surface area contributed by atoms with E-state index in [1.54, 1.807) is 0 Å². The molecule has 0 aliphatic carbocycles. The van der Waals surface area contributed by atoms with E-state index in [9.17, 15) is 4.79 Å². The van der Waals surface area contributed by atoms with E-state index in [0.717, 1.165) is 12.3 Å². The van der Waals surface area contributed by atoms with E-state index in [4.69, 9.17) is 0 Å².